The molecule has 7 nitrogen and oxygen atoms in total. The highest BCUT2D eigenvalue weighted by molar-refractivity contribution is 5.89. The van der Waals surface area contributed by atoms with E-state index in [1.54, 1.807) is 11.8 Å². The van der Waals surface area contributed by atoms with Gasteiger partial charge in [-0.25, -0.2) is 4.79 Å². The zero-order valence-electron chi connectivity index (χ0n) is 17.9. The maximum atomic E-state index is 12.5. The van der Waals surface area contributed by atoms with Crippen molar-refractivity contribution in [2.45, 2.75) is 64.5 Å². The van der Waals surface area contributed by atoms with Crippen LogP contribution in [0, 0.1) is 11.8 Å². The summed E-state index contributed by atoms with van der Waals surface area (Å²) in [5, 5.41) is 5.91. The number of nitrogens with one attached hydrogen (secondary N) is 2. The molecule has 0 unspecified atom stereocenters. The molecule has 1 aliphatic heterocycles. The largest absolute Gasteiger partial charge is 0.452 e. The average Bonchev–Trinajstić information content (AvgIpc) is 2.76. The number of hydrogen-bond donors (Lipinski definition) is 2. The molecule has 1 saturated carbocycles. The number of nitrogens with zero attached hydrogens (tertiary/aromatic N) is 1. The summed E-state index contributed by atoms with van der Waals surface area (Å²) in [5.41, 5.74) is 0.746. The fourth-order valence-corrected chi connectivity index (χ4v) is 4.20. The number of anilines is 1. The van der Waals surface area contributed by atoms with Gasteiger partial charge >= 0.3 is 12.0 Å². The molecule has 164 valence electrons. The maximum Gasteiger partial charge on any atom is 0.321 e. The van der Waals surface area contributed by atoms with Gasteiger partial charge in [0.15, 0.2) is 6.10 Å². The number of carbonyl (C=O) groups is 3. The predicted molar refractivity (Wildman–Crippen MR) is 115 cm³/mol. The number of rotatable bonds is 5. The van der Waals surface area contributed by atoms with Gasteiger partial charge < -0.3 is 20.3 Å². The zero-order chi connectivity index (χ0) is 21.5. The van der Waals surface area contributed by atoms with E-state index in [1.807, 2.05) is 30.3 Å². The SMILES string of the molecule is C[C@@H]1CCCC[C@H]1NC(=O)[C@@H](C)OC(=O)C1CCN(C(=O)Nc2ccccc2)CC1. The summed E-state index contributed by atoms with van der Waals surface area (Å²) >= 11 is 0. The second-order valence-electron chi connectivity index (χ2n) is 8.51. The molecular formula is C23H33N3O4. The van der Waals surface area contributed by atoms with Crippen LogP contribution >= 0.6 is 0 Å². The fraction of sp³-hybridized carbons (Fsp3) is 0.609. The molecule has 30 heavy (non-hydrogen) atoms. The van der Waals surface area contributed by atoms with Crippen LogP contribution in [-0.4, -0.2) is 48.0 Å². The van der Waals surface area contributed by atoms with Crippen molar-refractivity contribution >= 4 is 23.6 Å². The first-order valence-electron chi connectivity index (χ1n) is 11.1. The Balaban J connectivity index is 1.41. The summed E-state index contributed by atoms with van der Waals surface area (Å²) in [6.07, 6.45) is 4.71. The molecule has 2 N–H and O–H groups in total. The number of ether oxygens (including phenoxy) is 1. The first-order chi connectivity index (χ1) is 14.4. The molecule has 3 amide bonds. The van der Waals surface area contributed by atoms with Gasteiger partial charge in [-0.15, -0.1) is 0 Å². The van der Waals surface area contributed by atoms with E-state index >= 15 is 0 Å². The lowest BCUT2D eigenvalue weighted by Crippen LogP contribution is -2.47. The molecule has 1 aliphatic carbocycles. The van der Waals surface area contributed by atoms with Crippen molar-refractivity contribution in [1.29, 1.82) is 0 Å². The third kappa shape index (κ3) is 5.97. The van der Waals surface area contributed by atoms with Crippen LogP contribution < -0.4 is 10.6 Å². The topological polar surface area (TPSA) is 87.7 Å². The molecule has 0 spiro atoms. The molecular weight excluding hydrogens is 382 g/mol. The molecule has 1 aromatic rings. The smallest absolute Gasteiger partial charge is 0.321 e. The van der Waals surface area contributed by atoms with Crippen LogP contribution in [0.1, 0.15) is 52.4 Å². The number of benzene rings is 1. The first kappa shape index (κ1) is 22.1. The molecule has 1 heterocycles. The molecule has 2 fully saturated rings. The molecule has 1 saturated heterocycles. The molecule has 7 heteroatoms. The lowest BCUT2D eigenvalue weighted by atomic mass is 9.86. The van der Waals surface area contributed by atoms with Gasteiger partial charge in [-0.3, -0.25) is 9.59 Å². The zero-order valence-corrected chi connectivity index (χ0v) is 17.9. The Morgan fingerprint density at radius 3 is 2.37 bits per heavy atom. The number of piperidine rings is 1. The number of para-hydroxylation sites is 1. The average molecular weight is 416 g/mol. The maximum absolute atomic E-state index is 12.5. The number of esters is 1. The van der Waals surface area contributed by atoms with Crippen molar-refractivity contribution in [3.05, 3.63) is 30.3 Å². The summed E-state index contributed by atoms with van der Waals surface area (Å²) in [6.45, 7) is 4.75. The summed E-state index contributed by atoms with van der Waals surface area (Å²) in [7, 11) is 0. The molecule has 3 rings (SSSR count). The lowest BCUT2D eigenvalue weighted by molar-refractivity contribution is -0.160. The summed E-state index contributed by atoms with van der Waals surface area (Å²) in [6, 6.07) is 9.30. The Bertz CT molecular complexity index is 731. The molecule has 1 aromatic carbocycles. The first-order valence-corrected chi connectivity index (χ1v) is 11.1. The van der Waals surface area contributed by atoms with E-state index in [9.17, 15) is 14.4 Å². The van der Waals surface area contributed by atoms with E-state index < -0.39 is 6.10 Å². The Kier molecular flexibility index (Phi) is 7.71. The van der Waals surface area contributed by atoms with E-state index in [1.165, 1.54) is 6.42 Å². The number of likely N-dealkylation sites (tertiary alicyclic amines) is 1. The van der Waals surface area contributed by atoms with Gasteiger partial charge in [0.25, 0.3) is 5.91 Å². The molecule has 3 atom stereocenters. The quantitative estimate of drug-likeness (QED) is 0.720. The molecule has 2 aliphatic rings. The number of hydrogen-bond acceptors (Lipinski definition) is 4. The van der Waals surface area contributed by atoms with Crippen molar-refractivity contribution in [2.24, 2.45) is 11.8 Å². The predicted octanol–water partition coefficient (Wildman–Crippen LogP) is 3.56. The Morgan fingerprint density at radius 2 is 1.70 bits per heavy atom. The standard InChI is InChI=1S/C23H33N3O4/c1-16-8-6-7-11-20(16)25-21(27)17(2)30-22(28)18-12-14-26(15-13-18)23(29)24-19-9-4-3-5-10-19/h3-5,9-10,16-18,20H,6-8,11-15H2,1-2H3,(H,24,29)(H,25,27)/t16-,17-,20-/m1/s1. The highest BCUT2D eigenvalue weighted by Crippen LogP contribution is 2.24. The van der Waals surface area contributed by atoms with E-state index in [0.29, 0.717) is 31.8 Å². The molecule has 0 aromatic heterocycles. The highest BCUT2D eigenvalue weighted by Gasteiger charge is 2.31. The van der Waals surface area contributed by atoms with Crippen molar-refractivity contribution in [3.63, 3.8) is 0 Å². The van der Waals surface area contributed by atoms with Crippen LogP contribution in [0.2, 0.25) is 0 Å². The highest BCUT2D eigenvalue weighted by atomic mass is 16.5. The number of carbonyl (C=O) groups excluding carboxylic acids is 3. The lowest BCUT2D eigenvalue weighted by Gasteiger charge is -2.32. The van der Waals surface area contributed by atoms with Crippen LogP contribution in [0.25, 0.3) is 0 Å². The third-order valence-electron chi connectivity index (χ3n) is 6.24. The minimum atomic E-state index is -0.800. The Hall–Kier alpha value is -2.57. The van der Waals surface area contributed by atoms with Crippen LogP contribution in [0.4, 0.5) is 10.5 Å². The Labute approximate surface area is 178 Å². The number of amides is 3. The normalized spacial score (nSPS) is 23.3. The van der Waals surface area contributed by atoms with Crippen LogP contribution in [0.3, 0.4) is 0 Å². The number of urea groups is 1. The Morgan fingerprint density at radius 1 is 1.03 bits per heavy atom. The van der Waals surface area contributed by atoms with Crippen LogP contribution in [0.15, 0.2) is 30.3 Å². The molecule has 0 radical (unpaired) electrons. The monoisotopic (exact) mass is 415 g/mol. The van der Waals surface area contributed by atoms with Crippen molar-refractivity contribution < 1.29 is 19.1 Å². The molecule has 0 bridgehead atoms. The second-order valence-corrected chi connectivity index (χ2v) is 8.51. The third-order valence-corrected chi connectivity index (χ3v) is 6.24. The minimum absolute atomic E-state index is 0.164. The van der Waals surface area contributed by atoms with Crippen molar-refractivity contribution in [2.75, 3.05) is 18.4 Å². The van der Waals surface area contributed by atoms with E-state index in [-0.39, 0.29) is 29.9 Å². The summed E-state index contributed by atoms with van der Waals surface area (Å²) in [4.78, 5) is 39.0. The van der Waals surface area contributed by atoms with Crippen molar-refractivity contribution in [3.8, 4) is 0 Å². The van der Waals surface area contributed by atoms with Gasteiger partial charge in [-0.05, 0) is 50.7 Å². The van der Waals surface area contributed by atoms with Gasteiger partial charge in [0.05, 0.1) is 5.92 Å². The minimum Gasteiger partial charge on any atom is -0.452 e. The summed E-state index contributed by atoms with van der Waals surface area (Å²) < 4.78 is 5.45. The van der Waals surface area contributed by atoms with Gasteiger partial charge in [-0.2, -0.15) is 0 Å². The fourth-order valence-electron chi connectivity index (χ4n) is 4.20. The van der Waals surface area contributed by atoms with Crippen LogP contribution in [0.5, 0.6) is 0 Å². The van der Waals surface area contributed by atoms with Gasteiger partial charge in [-0.1, -0.05) is 38.0 Å². The van der Waals surface area contributed by atoms with E-state index in [2.05, 4.69) is 17.6 Å². The van der Waals surface area contributed by atoms with Gasteiger partial charge in [0.2, 0.25) is 0 Å². The van der Waals surface area contributed by atoms with Gasteiger partial charge in [0, 0.05) is 24.8 Å². The van der Waals surface area contributed by atoms with E-state index in [4.69, 9.17) is 4.74 Å². The van der Waals surface area contributed by atoms with E-state index in [0.717, 1.165) is 24.9 Å². The van der Waals surface area contributed by atoms with Crippen LogP contribution in [-0.2, 0) is 14.3 Å². The summed E-state index contributed by atoms with van der Waals surface area (Å²) in [5.74, 6) is -0.397. The van der Waals surface area contributed by atoms with Crippen molar-refractivity contribution in [1.82, 2.24) is 10.2 Å². The van der Waals surface area contributed by atoms with Gasteiger partial charge in [0.1, 0.15) is 0 Å². The second kappa shape index (κ2) is 10.5.